The maximum atomic E-state index is 15.3. The Labute approximate surface area is 187 Å². The first-order valence-electron chi connectivity index (χ1n) is 10.4. The molecule has 8 nitrogen and oxygen atoms in total. The molecule has 33 heavy (non-hydrogen) atoms. The number of amides is 1. The predicted molar refractivity (Wildman–Crippen MR) is 114 cm³/mol. The second-order valence-corrected chi connectivity index (χ2v) is 7.96. The number of hydrogen-bond acceptors (Lipinski definition) is 5. The van der Waals surface area contributed by atoms with E-state index < -0.39 is 23.8 Å². The topological polar surface area (TPSA) is 93.1 Å². The maximum absolute atomic E-state index is 15.3. The molecular weight excluding hydrogens is 434 g/mol. The van der Waals surface area contributed by atoms with Gasteiger partial charge < -0.3 is 23.7 Å². The largest absolute Gasteiger partial charge is 0.465 e. The fourth-order valence-electron chi connectivity index (χ4n) is 4.13. The van der Waals surface area contributed by atoms with E-state index in [1.165, 1.54) is 29.4 Å². The van der Waals surface area contributed by atoms with Crippen molar-refractivity contribution in [2.24, 2.45) is 0 Å². The minimum Gasteiger partial charge on any atom is -0.465 e. The van der Waals surface area contributed by atoms with Crippen LogP contribution < -0.4 is 0 Å². The van der Waals surface area contributed by atoms with Gasteiger partial charge in [-0.15, -0.1) is 0 Å². The van der Waals surface area contributed by atoms with Gasteiger partial charge in [0.2, 0.25) is 0 Å². The molecule has 10 heteroatoms. The van der Waals surface area contributed by atoms with E-state index in [0.717, 1.165) is 5.56 Å². The Hall–Kier alpha value is -3.79. The van der Waals surface area contributed by atoms with E-state index >= 15 is 8.78 Å². The summed E-state index contributed by atoms with van der Waals surface area (Å²) in [6.07, 6.45) is 1.83. The number of carboxylic acid groups (broad SMARTS) is 1. The molecule has 0 aliphatic carbocycles. The molecule has 5 rings (SSSR count). The summed E-state index contributed by atoms with van der Waals surface area (Å²) in [6.45, 7) is 2.58. The zero-order valence-electron chi connectivity index (χ0n) is 17.7. The van der Waals surface area contributed by atoms with Gasteiger partial charge in [0.1, 0.15) is 29.2 Å². The van der Waals surface area contributed by atoms with Crippen LogP contribution in [0.25, 0.3) is 28.2 Å². The van der Waals surface area contributed by atoms with Crippen molar-refractivity contribution >= 4 is 11.7 Å². The standard InChI is InChI=1S/C23H20F2N4O4/c1-13-2-4-29-19(11-15-12-28(23(30)31)5-7-32-15)22(26-20(29)8-13)21-16(24)9-14(10-17(21)25)18-3-6-33-27-18/h2-4,6,8-10,15H,5,7,11-12H2,1H3,(H,30,31). The molecule has 3 aromatic heterocycles. The molecule has 0 bridgehead atoms. The van der Waals surface area contributed by atoms with Crippen LogP contribution in [0.15, 0.2) is 47.3 Å². The predicted octanol–water partition coefficient (Wildman–Crippen LogP) is 4.16. The second kappa shape index (κ2) is 8.28. The Morgan fingerprint density at radius 2 is 2.03 bits per heavy atom. The highest BCUT2D eigenvalue weighted by Gasteiger charge is 2.28. The number of morpholine rings is 1. The monoisotopic (exact) mass is 454 g/mol. The van der Waals surface area contributed by atoms with Crippen LogP contribution >= 0.6 is 0 Å². The first-order chi connectivity index (χ1) is 15.9. The molecular formula is C23H20F2N4O4. The van der Waals surface area contributed by atoms with Gasteiger partial charge in [0.05, 0.1) is 36.2 Å². The van der Waals surface area contributed by atoms with Crippen molar-refractivity contribution in [3.63, 3.8) is 0 Å². The lowest BCUT2D eigenvalue weighted by molar-refractivity contribution is -0.0214. The lowest BCUT2D eigenvalue weighted by Crippen LogP contribution is -2.45. The van der Waals surface area contributed by atoms with E-state index in [9.17, 15) is 9.90 Å². The molecule has 1 aromatic carbocycles. The summed E-state index contributed by atoms with van der Waals surface area (Å²) >= 11 is 0. The fraction of sp³-hybridized carbons (Fsp3) is 0.261. The van der Waals surface area contributed by atoms with Gasteiger partial charge in [0.15, 0.2) is 0 Å². The van der Waals surface area contributed by atoms with Gasteiger partial charge in [0, 0.05) is 30.8 Å². The van der Waals surface area contributed by atoms with E-state index in [-0.39, 0.29) is 42.9 Å². The van der Waals surface area contributed by atoms with E-state index in [4.69, 9.17) is 9.26 Å². The Kier molecular flexibility index (Phi) is 5.29. The number of nitrogens with zero attached hydrogens (tertiary/aromatic N) is 4. The van der Waals surface area contributed by atoms with E-state index in [1.807, 2.05) is 19.1 Å². The van der Waals surface area contributed by atoms with Crippen molar-refractivity contribution in [3.8, 4) is 22.5 Å². The van der Waals surface area contributed by atoms with Gasteiger partial charge in [-0.1, -0.05) is 5.16 Å². The number of aryl methyl sites for hydroxylation is 1. The van der Waals surface area contributed by atoms with Crippen LogP contribution in [0.2, 0.25) is 0 Å². The van der Waals surface area contributed by atoms with Crippen molar-refractivity contribution in [1.29, 1.82) is 0 Å². The number of imidazole rings is 1. The quantitative estimate of drug-likeness (QED) is 0.498. The molecule has 1 saturated heterocycles. The molecule has 1 unspecified atom stereocenters. The first-order valence-corrected chi connectivity index (χ1v) is 10.4. The number of carbonyl (C=O) groups is 1. The van der Waals surface area contributed by atoms with Crippen LogP contribution in [-0.2, 0) is 11.2 Å². The van der Waals surface area contributed by atoms with Gasteiger partial charge in [-0.3, -0.25) is 0 Å². The minimum absolute atomic E-state index is 0.151. The van der Waals surface area contributed by atoms with E-state index in [2.05, 4.69) is 10.1 Å². The number of rotatable bonds is 4. The lowest BCUT2D eigenvalue weighted by atomic mass is 10.0. The van der Waals surface area contributed by atoms with Crippen LogP contribution in [0.3, 0.4) is 0 Å². The molecule has 0 spiro atoms. The average Bonchev–Trinajstić information content (AvgIpc) is 3.42. The molecule has 4 heterocycles. The summed E-state index contributed by atoms with van der Waals surface area (Å²) < 4.78 is 42.8. The van der Waals surface area contributed by atoms with Crippen LogP contribution in [0.4, 0.5) is 13.6 Å². The second-order valence-electron chi connectivity index (χ2n) is 7.96. The Morgan fingerprint density at radius 3 is 2.73 bits per heavy atom. The molecule has 1 amide bonds. The van der Waals surface area contributed by atoms with E-state index in [1.54, 1.807) is 10.6 Å². The molecule has 170 valence electrons. The number of fused-ring (bicyclic) bond motifs is 1. The summed E-state index contributed by atoms with van der Waals surface area (Å²) in [6, 6.07) is 7.59. The summed E-state index contributed by atoms with van der Waals surface area (Å²) in [5.41, 5.74) is 2.46. The van der Waals surface area contributed by atoms with Crippen LogP contribution in [0.1, 0.15) is 11.3 Å². The Bertz CT molecular complexity index is 1310. The molecule has 1 aliphatic heterocycles. The van der Waals surface area contributed by atoms with Crippen molar-refractivity contribution in [2.45, 2.75) is 19.4 Å². The minimum atomic E-state index is -1.03. The number of benzene rings is 1. The molecule has 1 N–H and O–H groups in total. The SMILES string of the molecule is Cc1ccn2c(CC3CN(C(=O)O)CCO3)c(-c3c(F)cc(-c4ccon4)cc3F)nc2c1. The molecule has 0 radical (unpaired) electrons. The van der Waals surface area contributed by atoms with Crippen molar-refractivity contribution in [2.75, 3.05) is 19.7 Å². The van der Waals surface area contributed by atoms with Gasteiger partial charge >= 0.3 is 6.09 Å². The highest BCUT2D eigenvalue weighted by atomic mass is 19.1. The highest BCUT2D eigenvalue weighted by molar-refractivity contribution is 5.72. The average molecular weight is 454 g/mol. The van der Waals surface area contributed by atoms with Gasteiger partial charge in [-0.05, 0) is 36.8 Å². The molecule has 1 atom stereocenters. The molecule has 0 saturated carbocycles. The summed E-state index contributed by atoms with van der Waals surface area (Å²) in [5.74, 6) is -1.57. The highest BCUT2D eigenvalue weighted by Crippen LogP contribution is 2.34. The van der Waals surface area contributed by atoms with Gasteiger partial charge in [-0.2, -0.15) is 0 Å². The lowest BCUT2D eigenvalue weighted by Gasteiger charge is -2.31. The number of ether oxygens (including phenoxy) is 1. The smallest absolute Gasteiger partial charge is 0.407 e. The third-order valence-electron chi connectivity index (χ3n) is 5.72. The van der Waals surface area contributed by atoms with Crippen molar-refractivity contribution < 1.29 is 27.9 Å². The number of aromatic nitrogens is 3. The first kappa shape index (κ1) is 21.1. The number of halogens is 2. The van der Waals surface area contributed by atoms with Crippen LogP contribution in [0, 0.1) is 18.6 Å². The summed E-state index contributed by atoms with van der Waals surface area (Å²) in [5, 5.41) is 13.1. The van der Waals surface area contributed by atoms with Crippen LogP contribution in [-0.4, -0.2) is 56.4 Å². The van der Waals surface area contributed by atoms with E-state index in [0.29, 0.717) is 17.0 Å². The molecule has 1 fully saturated rings. The molecule has 1 aliphatic rings. The van der Waals surface area contributed by atoms with Crippen molar-refractivity contribution in [1.82, 2.24) is 19.4 Å². The van der Waals surface area contributed by atoms with Gasteiger partial charge in [-0.25, -0.2) is 18.6 Å². The number of hydrogen-bond donors (Lipinski definition) is 1. The third kappa shape index (κ3) is 3.93. The third-order valence-corrected chi connectivity index (χ3v) is 5.72. The maximum Gasteiger partial charge on any atom is 0.407 e. The normalized spacial score (nSPS) is 16.5. The fourth-order valence-corrected chi connectivity index (χ4v) is 4.13. The van der Waals surface area contributed by atoms with Crippen LogP contribution in [0.5, 0.6) is 0 Å². The Morgan fingerprint density at radius 1 is 1.24 bits per heavy atom. The zero-order valence-corrected chi connectivity index (χ0v) is 17.7. The molecule has 4 aromatic rings. The summed E-state index contributed by atoms with van der Waals surface area (Å²) in [4.78, 5) is 17.2. The zero-order chi connectivity index (χ0) is 23.1. The van der Waals surface area contributed by atoms with Gasteiger partial charge in [0.25, 0.3) is 0 Å². The summed E-state index contributed by atoms with van der Waals surface area (Å²) in [7, 11) is 0. The van der Waals surface area contributed by atoms with Crippen molar-refractivity contribution in [3.05, 3.63) is 65.7 Å². The Balaban J connectivity index is 1.61. The number of pyridine rings is 1.